The number of rotatable bonds is 12. The van der Waals surface area contributed by atoms with E-state index in [4.69, 9.17) is 14.6 Å². The van der Waals surface area contributed by atoms with Crippen LogP contribution in [0.5, 0.6) is 11.5 Å². The molecule has 0 bridgehead atoms. The third kappa shape index (κ3) is 6.76. The topological polar surface area (TPSA) is 142 Å². The SMILES string of the molecule is O=C(O)c1ccc(OCCCCCCOc2ccc([N+](=O)[O-])cc2[N+](=O)[O-])cc1. The molecular weight excluding hydrogens is 384 g/mol. The number of carbonyl (C=O) groups is 1. The zero-order valence-corrected chi connectivity index (χ0v) is 15.5. The van der Waals surface area contributed by atoms with Crippen molar-refractivity contribution in [2.24, 2.45) is 0 Å². The van der Waals surface area contributed by atoms with Gasteiger partial charge < -0.3 is 14.6 Å². The van der Waals surface area contributed by atoms with E-state index in [9.17, 15) is 25.0 Å². The van der Waals surface area contributed by atoms with Crippen LogP contribution in [0.4, 0.5) is 11.4 Å². The number of nitrogens with zero attached hydrogens (tertiary/aromatic N) is 2. The number of nitro groups is 2. The maximum atomic E-state index is 11.0. The highest BCUT2D eigenvalue weighted by atomic mass is 16.6. The van der Waals surface area contributed by atoms with Gasteiger partial charge >= 0.3 is 11.7 Å². The van der Waals surface area contributed by atoms with Gasteiger partial charge in [0.25, 0.3) is 5.69 Å². The Morgan fingerprint density at radius 3 is 2.03 bits per heavy atom. The smallest absolute Gasteiger partial charge is 0.335 e. The van der Waals surface area contributed by atoms with Gasteiger partial charge in [0.2, 0.25) is 0 Å². The zero-order valence-electron chi connectivity index (χ0n) is 15.5. The van der Waals surface area contributed by atoms with Crippen molar-refractivity contribution in [1.29, 1.82) is 0 Å². The Labute approximate surface area is 166 Å². The zero-order chi connectivity index (χ0) is 21.2. The van der Waals surface area contributed by atoms with E-state index in [0.717, 1.165) is 25.3 Å². The van der Waals surface area contributed by atoms with Gasteiger partial charge in [-0.2, -0.15) is 0 Å². The van der Waals surface area contributed by atoms with E-state index < -0.39 is 21.5 Å². The number of hydrogen-bond acceptors (Lipinski definition) is 7. The van der Waals surface area contributed by atoms with Crippen LogP contribution in [-0.4, -0.2) is 34.1 Å². The van der Waals surface area contributed by atoms with Crippen molar-refractivity contribution in [2.45, 2.75) is 25.7 Å². The Morgan fingerprint density at radius 2 is 1.48 bits per heavy atom. The number of carboxylic acids is 1. The van der Waals surface area contributed by atoms with Crippen LogP contribution < -0.4 is 9.47 Å². The van der Waals surface area contributed by atoms with Gasteiger partial charge in [-0.05, 0) is 56.0 Å². The molecule has 1 N–H and O–H groups in total. The lowest BCUT2D eigenvalue weighted by Gasteiger charge is -2.08. The summed E-state index contributed by atoms with van der Waals surface area (Å²) in [6.45, 7) is 0.747. The molecule has 29 heavy (non-hydrogen) atoms. The van der Waals surface area contributed by atoms with E-state index in [0.29, 0.717) is 18.8 Å². The maximum Gasteiger partial charge on any atom is 0.335 e. The standard InChI is InChI=1S/C19H20N2O8/c22-19(23)14-5-8-16(9-6-14)28-11-3-1-2-4-12-29-18-10-7-15(20(24)25)13-17(18)21(26)27/h5-10,13H,1-4,11-12H2,(H,22,23). The van der Waals surface area contributed by atoms with Crippen molar-refractivity contribution in [1.82, 2.24) is 0 Å². The van der Waals surface area contributed by atoms with Gasteiger partial charge in [-0.15, -0.1) is 0 Å². The van der Waals surface area contributed by atoms with Crippen molar-refractivity contribution < 1.29 is 29.2 Å². The fourth-order valence-electron chi connectivity index (χ4n) is 2.51. The van der Waals surface area contributed by atoms with Gasteiger partial charge in [0.05, 0.1) is 34.7 Å². The highest BCUT2D eigenvalue weighted by Crippen LogP contribution is 2.31. The molecule has 0 radical (unpaired) electrons. The molecule has 0 saturated carbocycles. The molecule has 0 fully saturated rings. The van der Waals surface area contributed by atoms with Crippen LogP contribution in [0.15, 0.2) is 42.5 Å². The number of carboxylic acid groups (broad SMARTS) is 1. The van der Waals surface area contributed by atoms with Crippen LogP contribution in [0.3, 0.4) is 0 Å². The Morgan fingerprint density at radius 1 is 0.862 bits per heavy atom. The Balaban J connectivity index is 1.65. The molecular formula is C19H20N2O8. The first-order valence-electron chi connectivity index (χ1n) is 8.90. The summed E-state index contributed by atoms with van der Waals surface area (Å²) in [7, 11) is 0. The van der Waals surface area contributed by atoms with Gasteiger partial charge in [-0.25, -0.2) is 4.79 Å². The first-order chi connectivity index (χ1) is 13.9. The van der Waals surface area contributed by atoms with Crippen LogP contribution in [0.25, 0.3) is 0 Å². The Hall–Kier alpha value is -3.69. The second-order valence-electron chi connectivity index (χ2n) is 6.11. The number of aromatic carboxylic acids is 1. The minimum absolute atomic E-state index is 0.00809. The molecule has 0 aliphatic carbocycles. The molecule has 0 atom stereocenters. The highest BCUT2D eigenvalue weighted by Gasteiger charge is 2.20. The number of unbranched alkanes of at least 4 members (excludes halogenated alkanes) is 3. The molecule has 0 aliphatic heterocycles. The van der Waals surface area contributed by atoms with Crippen molar-refractivity contribution >= 4 is 17.3 Å². The summed E-state index contributed by atoms with van der Waals surface area (Å²) in [5, 5.41) is 30.6. The van der Waals surface area contributed by atoms with Gasteiger partial charge in [0.15, 0.2) is 5.75 Å². The monoisotopic (exact) mass is 404 g/mol. The summed E-state index contributed by atoms with van der Waals surface area (Å²) in [5.74, 6) is -0.379. The lowest BCUT2D eigenvalue weighted by Crippen LogP contribution is -2.02. The molecule has 10 nitrogen and oxygen atoms in total. The van der Waals surface area contributed by atoms with Crippen molar-refractivity contribution in [3.8, 4) is 11.5 Å². The Kier molecular flexibility index (Phi) is 7.89. The number of non-ortho nitro benzene ring substituents is 1. The van der Waals surface area contributed by atoms with E-state index >= 15 is 0 Å². The number of benzene rings is 2. The lowest BCUT2D eigenvalue weighted by atomic mass is 10.2. The molecule has 2 aromatic carbocycles. The van der Waals surface area contributed by atoms with E-state index in [1.165, 1.54) is 24.3 Å². The predicted octanol–water partition coefficient (Wildman–Crippen LogP) is 4.22. The summed E-state index contributed by atoms with van der Waals surface area (Å²) in [6, 6.07) is 9.46. The molecule has 0 aromatic heterocycles. The second kappa shape index (κ2) is 10.6. The first-order valence-corrected chi connectivity index (χ1v) is 8.90. The second-order valence-corrected chi connectivity index (χ2v) is 6.11. The molecule has 154 valence electrons. The lowest BCUT2D eigenvalue weighted by molar-refractivity contribution is -0.394. The number of hydrogen-bond donors (Lipinski definition) is 1. The summed E-state index contributed by atoms with van der Waals surface area (Å²) >= 11 is 0. The fourth-order valence-corrected chi connectivity index (χ4v) is 2.51. The summed E-state index contributed by atoms with van der Waals surface area (Å²) in [5.41, 5.74) is -0.589. The van der Waals surface area contributed by atoms with Crippen LogP contribution in [0.1, 0.15) is 36.0 Å². The van der Waals surface area contributed by atoms with Gasteiger partial charge in [-0.1, -0.05) is 0 Å². The molecule has 10 heteroatoms. The molecule has 2 rings (SSSR count). The molecule has 0 amide bonds. The largest absolute Gasteiger partial charge is 0.494 e. The quantitative estimate of drug-likeness (QED) is 0.315. The average molecular weight is 404 g/mol. The van der Waals surface area contributed by atoms with E-state index in [-0.39, 0.29) is 23.6 Å². The van der Waals surface area contributed by atoms with Crippen LogP contribution in [-0.2, 0) is 0 Å². The Bertz CT molecular complexity index is 867. The normalized spacial score (nSPS) is 10.3. The predicted molar refractivity (Wildman–Crippen MR) is 103 cm³/mol. The van der Waals surface area contributed by atoms with E-state index in [1.807, 2.05) is 0 Å². The van der Waals surface area contributed by atoms with Gasteiger partial charge in [-0.3, -0.25) is 20.2 Å². The summed E-state index contributed by atoms with van der Waals surface area (Å²) < 4.78 is 10.9. The molecule has 0 heterocycles. The highest BCUT2D eigenvalue weighted by molar-refractivity contribution is 5.87. The van der Waals surface area contributed by atoms with Crippen LogP contribution >= 0.6 is 0 Å². The molecule has 2 aromatic rings. The third-order valence-electron chi connectivity index (χ3n) is 4.02. The molecule has 0 spiro atoms. The minimum Gasteiger partial charge on any atom is -0.494 e. The summed E-state index contributed by atoms with van der Waals surface area (Å²) in [6.07, 6.45) is 3.14. The minimum atomic E-state index is -0.988. The first kappa shape index (κ1) is 21.6. The molecule has 0 unspecified atom stereocenters. The number of nitro benzene ring substituents is 2. The molecule has 0 saturated heterocycles. The van der Waals surface area contributed by atoms with Crippen molar-refractivity contribution in [2.75, 3.05) is 13.2 Å². The third-order valence-corrected chi connectivity index (χ3v) is 4.02. The maximum absolute atomic E-state index is 11.0. The number of ether oxygens (including phenoxy) is 2. The van der Waals surface area contributed by atoms with Gasteiger partial charge in [0.1, 0.15) is 5.75 Å². The van der Waals surface area contributed by atoms with E-state index in [2.05, 4.69) is 0 Å². The van der Waals surface area contributed by atoms with Crippen LogP contribution in [0, 0.1) is 20.2 Å². The van der Waals surface area contributed by atoms with Crippen LogP contribution in [0.2, 0.25) is 0 Å². The van der Waals surface area contributed by atoms with E-state index in [1.54, 1.807) is 12.1 Å². The molecule has 0 aliphatic rings. The average Bonchev–Trinajstić information content (AvgIpc) is 2.70. The van der Waals surface area contributed by atoms with Crippen molar-refractivity contribution in [3.63, 3.8) is 0 Å². The fraction of sp³-hybridized carbons (Fsp3) is 0.316. The van der Waals surface area contributed by atoms with Crippen molar-refractivity contribution in [3.05, 3.63) is 68.3 Å². The van der Waals surface area contributed by atoms with Gasteiger partial charge in [0, 0.05) is 6.07 Å². The summed E-state index contributed by atoms with van der Waals surface area (Å²) in [4.78, 5) is 31.1.